The number of rotatable bonds is 4. The number of carbonyl (C=O) groups is 2. The number of Topliss-reactive ketones (excluding diaryl/α,β-unsaturated/α-hetero) is 2. The largest absolute Gasteiger partial charge is 0.290 e. The van der Waals surface area contributed by atoms with E-state index in [4.69, 9.17) is 0 Å². The maximum absolute atomic E-state index is 12.3. The van der Waals surface area contributed by atoms with Crippen molar-refractivity contribution in [2.24, 2.45) is 5.92 Å². The van der Waals surface area contributed by atoms with Crippen LogP contribution in [0.2, 0.25) is 0 Å². The third-order valence-corrected chi connectivity index (χ3v) is 3.44. The number of ketones is 2. The summed E-state index contributed by atoms with van der Waals surface area (Å²) in [5.41, 5.74) is 4.61. The Morgan fingerprint density at radius 1 is 1.00 bits per heavy atom. The topological polar surface area (TPSA) is 34.1 Å². The molecule has 1 aromatic rings. The summed E-state index contributed by atoms with van der Waals surface area (Å²) in [6, 6.07) is 2.06. The van der Waals surface area contributed by atoms with Crippen LogP contribution < -0.4 is 0 Å². The third kappa shape index (κ3) is 2.87. The van der Waals surface area contributed by atoms with Gasteiger partial charge in [0.05, 0.1) is 0 Å². The quantitative estimate of drug-likeness (QED) is 0.599. The molecular formula is C16H22O2. The van der Waals surface area contributed by atoms with Crippen LogP contribution in [0.5, 0.6) is 0 Å². The highest BCUT2D eigenvalue weighted by Crippen LogP contribution is 2.23. The molecule has 0 bridgehead atoms. The molecule has 0 atom stereocenters. The van der Waals surface area contributed by atoms with E-state index in [0.717, 1.165) is 22.3 Å². The van der Waals surface area contributed by atoms with Gasteiger partial charge in [0.2, 0.25) is 11.6 Å². The Kier molecular flexibility index (Phi) is 4.44. The van der Waals surface area contributed by atoms with E-state index < -0.39 is 0 Å². The molecule has 0 fully saturated rings. The summed E-state index contributed by atoms with van der Waals surface area (Å²) in [7, 11) is 0. The lowest BCUT2D eigenvalue weighted by Gasteiger charge is -2.14. The SMILES string of the molecule is Cc1cc(C)c(C)c(C(=O)C(=O)CC(C)C)c1C. The van der Waals surface area contributed by atoms with Crippen LogP contribution in [0.15, 0.2) is 6.07 Å². The van der Waals surface area contributed by atoms with Crippen molar-refractivity contribution >= 4 is 11.6 Å². The smallest absolute Gasteiger partial charge is 0.229 e. The minimum absolute atomic E-state index is 0.216. The summed E-state index contributed by atoms with van der Waals surface area (Å²) in [4.78, 5) is 24.2. The molecule has 0 saturated carbocycles. The summed E-state index contributed by atoms with van der Waals surface area (Å²) in [6.07, 6.45) is 0.324. The molecular weight excluding hydrogens is 224 g/mol. The van der Waals surface area contributed by atoms with Gasteiger partial charge in [0.15, 0.2) is 0 Å². The third-order valence-electron chi connectivity index (χ3n) is 3.44. The zero-order chi connectivity index (χ0) is 14.0. The van der Waals surface area contributed by atoms with E-state index in [1.165, 1.54) is 0 Å². The molecule has 98 valence electrons. The lowest BCUT2D eigenvalue weighted by molar-refractivity contribution is -0.115. The molecule has 0 spiro atoms. The highest BCUT2D eigenvalue weighted by molar-refractivity contribution is 6.44. The minimum Gasteiger partial charge on any atom is -0.290 e. The molecule has 0 aliphatic carbocycles. The fourth-order valence-electron chi connectivity index (χ4n) is 2.16. The Labute approximate surface area is 109 Å². The maximum atomic E-state index is 12.3. The van der Waals surface area contributed by atoms with Gasteiger partial charge >= 0.3 is 0 Å². The molecule has 0 aliphatic rings. The molecule has 18 heavy (non-hydrogen) atoms. The second-order valence-corrected chi connectivity index (χ2v) is 5.49. The Morgan fingerprint density at radius 3 is 1.83 bits per heavy atom. The zero-order valence-corrected chi connectivity index (χ0v) is 12.2. The fraction of sp³-hybridized carbons (Fsp3) is 0.500. The highest BCUT2D eigenvalue weighted by atomic mass is 16.2. The molecule has 0 radical (unpaired) electrons. The molecule has 1 aromatic carbocycles. The van der Waals surface area contributed by atoms with Gasteiger partial charge in [-0.2, -0.15) is 0 Å². The molecule has 0 saturated heterocycles. The summed E-state index contributed by atoms with van der Waals surface area (Å²) in [5.74, 6) is -0.389. The minimum atomic E-state index is -0.328. The second kappa shape index (κ2) is 5.47. The van der Waals surface area contributed by atoms with Gasteiger partial charge in [-0.3, -0.25) is 9.59 Å². The van der Waals surface area contributed by atoms with Gasteiger partial charge in [-0.25, -0.2) is 0 Å². The number of carbonyl (C=O) groups excluding carboxylic acids is 2. The van der Waals surface area contributed by atoms with Gasteiger partial charge in [0.25, 0.3) is 0 Å². The van der Waals surface area contributed by atoms with E-state index in [2.05, 4.69) is 6.07 Å². The van der Waals surface area contributed by atoms with Gasteiger partial charge in [0.1, 0.15) is 0 Å². The lowest BCUT2D eigenvalue weighted by Crippen LogP contribution is -2.19. The van der Waals surface area contributed by atoms with Crippen LogP contribution in [0.1, 0.15) is 52.9 Å². The Morgan fingerprint density at radius 2 is 1.44 bits per heavy atom. The molecule has 0 aliphatic heterocycles. The summed E-state index contributed by atoms with van der Waals surface area (Å²) < 4.78 is 0. The van der Waals surface area contributed by atoms with Gasteiger partial charge in [-0.05, 0) is 55.9 Å². The normalized spacial score (nSPS) is 10.8. The van der Waals surface area contributed by atoms with E-state index in [1.807, 2.05) is 41.5 Å². The summed E-state index contributed by atoms with van der Waals surface area (Å²) in [5, 5.41) is 0. The Balaban J connectivity index is 3.25. The molecule has 0 N–H and O–H groups in total. The van der Waals surface area contributed by atoms with Gasteiger partial charge < -0.3 is 0 Å². The van der Waals surface area contributed by atoms with E-state index in [-0.39, 0.29) is 17.5 Å². The van der Waals surface area contributed by atoms with Crippen LogP contribution in [-0.2, 0) is 4.79 Å². The predicted octanol–water partition coefficient (Wildman–Crippen LogP) is 3.72. The van der Waals surface area contributed by atoms with Crippen molar-refractivity contribution < 1.29 is 9.59 Å². The van der Waals surface area contributed by atoms with Gasteiger partial charge in [-0.15, -0.1) is 0 Å². The van der Waals surface area contributed by atoms with Crippen molar-refractivity contribution in [2.45, 2.75) is 48.0 Å². The van der Waals surface area contributed by atoms with E-state index in [1.54, 1.807) is 0 Å². The summed E-state index contributed by atoms with van der Waals surface area (Å²) in [6.45, 7) is 11.7. The monoisotopic (exact) mass is 246 g/mol. The average Bonchev–Trinajstić information content (AvgIpc) is 2.25. The number of benzene rings is 1. The molecule has 2 heteroatoms. The van der Waals surface area contributed by atoms with Crippen LogP contribution in [0.4, 0.5) is 0 Å². The predicted molar refractivity (Wildman–Crippen MR) is 74.2 cm³/mol. The highest BCUT2D eigenvalue weighted by Gasteiger charge is 2.22. The Bertz CT molecular complexity index is 470. The molecule has 0 aromatic heterocycles. The molecule has 2 nitrogen and oxygen atoms in total. The zero-order valence-electron chi connectivity index (χ0n) is 12.2. The van der Waals surface area contributed by atoms with E-state index >= 15 is 0 Å². The van der Waals surface area contributed by atoms with Crippen molar-refractivity contribution in [3.8, 4) is 0 Å². The van der Waals surface area contributed by atoms with Crippen LogP contribution in [0, 0.1) is 33.6 Å². The first-order valence-electron chi connectivity index (χ1n) is 6.40. The fourth-order valence-corrected chi connectivity index (χ4v) is 2.16. The first-order valence-corrected chi connectivity index (χ1v) is 6.40. The van der Waals surface area contributed by atoms with Crippen molar-refractivity contribution in [2.75, 3.05) is 0 Å². The van der Waals surface area contributed by atoms with Crippen molar-refractivity contribution in [3.63, 3.8) is 0 Å². The number of hydrogen-bond donors (Lipinski definition) is 0. The van der Waals surface area contributed by atoms with Crippen molar-refractivity contribution in [3.05, 3.63) is 33.9 Å². The van der Waals surface area contributed by atoms with Crippen molar-refractivity contribution in [1.29, 1.82) is 0 Å². The van der Waals surface area contributed by atoms with E-state index in [9.17, 15) is 9.59 Å². The number of aryl methyl sites for hydroxylation is 2. The van der Waals surface area contributed by atoms with Crippen LogP contribution in [-0.4, -0.2) is 11.6 Å². The standard InChI is InChI=1S/C16H22O2/c1-9(2)7-14(17)16(18)15-12(5)10(3)8-11(4)13(15)6/h8-9H,7H2,1-6H3. The van der Waals surface area contributed by atoms with Crippen LogP contribution in [0.3, 0.4) is 0 Å². The molecule has 0 unspecified atom stereocenters. The first-order chi connectivity index (χ1) is 8.25. The molecule has 1 rings (SSSR count). The van der Waals surface area contributed by atoms with Gasteiger partial charge in [0, 0.05) is 12.0 Å². The van der Waals surface area contributed by atoms with Crippen LogP contribution >= 0.6 is 0 Å². The van der Waals surface area contributed by atoms with E-state index in [0.29, 0.717) is 12.0 Å². The molecule has 0 amide bonds. The summed E-state index contributed by atoms with van der Waals surface area (Å²) >= 11 is 0. The van der Waals surface area contributed by atoms with Crippen LogP contribution in [0.25, 0.3) is 0 Å². The lowest BCUT2D eigenvalue weighted by atomic mass is 9.89. The first kappa shape index (κ1) is 14.6. The molecule has 0 heterocycles. The van der Waals surface area contributed by atoms with Gasteiger partial charge in [-0.1, -0.05) is 19.9 Å². The maximum Gasteiger partial charge on any atom is 0.229 e. The average molecular weight is 246 g/mol. The Hall–Kier alpha value is -1.44. The number of hydrogen-bond acceptors (Lipinski definition) is 2. The second-order valence-electron chi connectivity index (χ2n) is 5.49. The van der Waals surface area contributed by atoms with Crippen molar-refractivity contribution in [1.82, 2.24) is 0 Å².